The second kappa shape index (κ2) is 4.80. The van der Waals surface area contributed by atoms with Crippen molar-refractivity contribution in [2.24, 2.45) is 0 Å². The summed E-state index contributed by atoms with van der Waals surface area (Å²) in [5, 5.41) is 0. The lowest BCUT2D eigenvalue weighted by Crippen LogP contribution is -1.99. The van der Waals surface area contributed by atoms with Crippen LogP contribution in [0.4, 0.5) is 5.95 Å². The number of nitrogen functional groups attached to an aromatic ring is 1. The maximum absolute atomic E-state index is 5.58. The van der Waals surface area contributed by atoms with Gasteiger partial charge in [-0.15, -0.1) is 0 Å². The Morgan fingerprint density at radius 2 is 2.18 bits per heavy atom. The van der Waals surface area contributed by atoms with Crippen molar-refractivity contribution in [3.8, 4) is 17.1 Å². The highest BCUT2D eigenvalue weighted by molar-refractivity contribution is 9.10. The summed E-state index contributed by atoms with van der Waals surface area (Å²) in [4.78, 5) is 10.8. The van der Waals surface area contributed by atoms with Crippen LogP contribution in [0.25, 0.3) is 11.4 Å². The van der Waals surface area contributed by atoms with Gasteiger partial charge in [0.1, 0.15) is 11.6 Å². The van der Waals surface area contributed by atoms with Gasteiger partial charge in [-0.1, -0.05) is 0 Å². The van der Waals surface area contributed by atoms with E-state index in [4.69, 9.17) is 22.7 Å². The van der Waals surface area contributed by atoms with E-state index in [1.165, 1.54) is 0 Å². The number of hydrogen-bond donors (Lipinski definition) is 2. The molecule has 7 heteroatoms. The Hall–Kier alpha value is -1.47. The van der Waals surface area contributed by atoms with Crippen molar-refractivity contribution in [2.45, 2.75) is 0 Å². The van der Waals surface area contributed by atoms with Gasteiger partial charge in [0.25, 0.3) is 0 Å². The van der Waals surface area contributed by atoms with Gasteiger partial charge in [0.15, 0.2) is 0 Å². The lowest BCUT2D eigenvalue weighted by Gasteiger charge is -2.06. The average molecular weight is 313 g/mol. The normalized spacial score (nSPS) is 10.2. The van der Waals surface area contributed by atoms with Crippen LogP contribution in [-0.2, 0) is 0 Å². The highest BCUT2D eigenvalue weighted by atomic mass is 79.9. The zero-order valence-electron chi connectivity index (χ0n) is 8.90. The average Bonchev–Trinajstić information content (AvgIpc) is 2.27. The van der Waals surface area contributed by atoms with Gasteiger partial charge in [-0.25, -0.2) is 4.98 Å². The molecule has 1 heterocycles. The van der Waals surface area contributed by atoms with Gasteiger partial charge in [-0.05, 0) is 46.3 Å². The number of rotatable bonds is 2. The summed E-state index contributed by atoms with van der Waals surface area (Å²) in [6, 6.07) is 5.55. The fraction of sp³-hybridized carbons (Fsp3) is 0.100. The number of aromatic nitrogens is 3. The molecule has 0 spiro atoms. The second-order valence-electron chi connectivity index (χ2n) is 3.21. The first-order valence-electron chi connectivity index (χ1n) is 4.68. The summed E-state index contributed by atoms with van der Waals surface area (Å²) in [6.07, 6.45) is 0. The summed E-state index contributed by atoms with van der Waals surface area (Å²) >= 11 is 8.31. The number of ether oxygens (including phenoxy) is 1. The first kappa shape index (κ1) is 12.0. The quantitative estimate of drug-likeness (QED) is 0.833. The molecule has 0 atom stereocenters. The smallest absolute Gasteiger partial charge is 0.224 e. The number of anilines is 1. The molecule has 17 heavy (non-hydrogen) atoms. The molecule has 88 valence electrons. The maximum atomic E-state index is 5.58. The van der Waals surface area contributed by atoms with E-state index in [-0.39, 0.29) is 10.7 Å². The predicted molar refractivity (Wildman–Crippen MR) is 71.3 cm³/mol. The van der Waals surface area contributed by atoms with Crippen LogP contribution in [0.3, 0.4) is 0 Å². The molecule has 0 radical (unpaired) electrons. The number of nitrogens with one attached hydrogen (secondary N) is 1. The van der Waals surface area contributed by atoms with Crippen LogP contribution in [0.5, 0.6) is 5.75 Å². The first-order valence-corrected chi connectivity index (χ1v) is 5.88. The largest absolute Gasteiger partial charge is 0.496 e. The van der Waals surface area contributed by atoms with Crippen molar-refractivity contribution in [3.05, 3.63) is 27.4 Å². The van der Waals surface area contributed by atoms with Crippen LogP contribution >= 0.6 is 28.1 Å². The third-order valence-corrected chi connectivity index (χ3v) is 2.90. The lowest BCUT2D eigenvalue weighted by atomic mass is 10.2. The molecular formula is C10H9BrN4OS. The monoisotopic (exact) mass is 312 g/mol. The topological polar surface area (TPSA) is 76.8 Å². The third kappa shape index (κ3) is 2.62. The number of halogens is 1. The molecule has 0 saturated heterocycles. The molecule has 1 aromatic carbocycles. The Labute approximate surface area is 111 Å². The molecule has 0 bridgehead atoms. The standard InChI is InChI=1S/C10H9BrN4OS/c1-16-7-3-2-5(4-6(7)11)8-13-9(12)15-10(17)14-8/h2-4H,1H3,(H3,12,13,14,15,17). The van der Waals surface area contributed by atoms with Gasteiger partial charge in [0.05, 0.1) is 11.6 Å². The van der Waals surface area contributed by atoms with Crippen LogP contribution in [0, 0.1) is 4.77 Å². The summed E-state index contributed by atoms with van der Waals surface area (Å²) in [7, 11) is 1.61. The molecule has 2 rings (SSSR count). The molecule has 0 aliphatic carbocycles. The summed E-state index contributed by atoms with van der Waals surface area (Å²) < 4.78 is 6.19. The minimum atomic E-state index is 0.211. The van der Waals surface area contributed by atoms with E-state index in [1.54, 1.807) is 7.11 Å². The predicted octanol–water partition coefficient (Wildman–Crippen LogP) is 2.55. The molecule has 2 aromatic rings. The zero-order chi connectivity index (χ0) is 12.4. The molecule has 0 amide bonds. The van der Waals surface area contributed by atoms with Crippen LogP contribution in [0.1, 0.15) is 0 Å². The minimum Gasteiger partial charge on any atom is -0.496 e. The Kier molecular flexibility index (Phi) is 3.39. The molecule has 0 aliphatic rings. The van der Waals surface area contributed by atoms with Crippen molar-refractivity contribution >= 4 is 34.1 Å². The van der Waals surface area contributed by atoms with Crippen LogP contribution in [0.2, 0.25) is 0 Å². The Balaban J connectivity index is 2.53. The van der Waals surface area contributed by atoms with Gasteiger partial charge in [-0.3, -0.25) is 0 Å². The van der Waals surface area contributed by atoms with E-state index in [1.807, 2.05) is 18.2 Å². The number of benzene rings is 1. The molecule has 5 nitrogen and oxygen atoms in total. The maximum Gasteiger partial charge on any atom is 0.224 e. The zero-order valence-corrected chi connectivity index (χ0v) is 11.3. The Morgan fingerprint density at radius 3 is 2.76 bits per heavy atom. The Bertz CT molecular complexity index is 613. The van der Waals surface area contributed by atoms with Crippen LogP contribution in [0.15, 0.2) is 22.7 Å². The van der Waals surface area contributed by atoms with Gasteiger partial charge >= 0.3 is 0 Å². The summed E-state index contributed by atoms with van der Waals surface area (Å²) in [5.74, 6) is 1.56. The van der Waals surface area contributed by atoms with Gasteiger partial charge in [0, 0.05) is 5.56 Å². The first-order chi connectivity index (χ1) is 8.10. The molecular weight excluding hydrogens is 304 g/mol. The Morgan fingerprint density at radius 1 is 1.41 bits per heavy atom. The summed E-state index contributed by atoms with van der Waals surface area (Å²) in [6.45, 7) is 0. The molecule has 3 N–H and O–H groups in total. The van der Waals surface area contributed by atoms with Crippen LogP contribution < -0.4 is 10.5 Å². The van der Waals surface area contributed by atoms with E-state index in [9.17, 15) is 0 Å². The highest BCUT2D eigenvalue weighted by Gasteiger charge is 2.06. The molecule has 0 saturated carbocycles. The third-order valence-electron chi connectivity index (χ3n) is 2.10. The molecule has 0 unspecified atom stereocenters. The second-order valence-corrected chi connectivity index (χ2v) is 4.43. The van der Waals surface area contributed by atoms with Crippen molar-refractivity contribution in [1.29, 1.82) is 0 Å². The van der Waals surface area contributed by atoms with E-state index in [2.05, 4.69) is 30.9 Å². The number of nitrogens with two attached hydrogens (primary N) is 1. The fourth-order valence-electron chi connectivity index (χ4n) is 1.35. The van der Waals surface area contributed by atoms with Gasteiger partial charge < -0.3 is 15.5 Å². The van der Waals surface area contributed by atoms with E-state index in [0.717, 1.165) is 15.8 Å². The summed E-state index contributed by atoms with van der Waals surface area (Å²) in [5.41, 5.74) is 6.43. The van der Waals surface area contributed by atoms with Gasteiger partial charge in [0.2, 0.25) is 10.7 Å². The van der Waals surface area contributed by atoms with Crippen molar-refractivity contribution in [3.63, 3.8) is 0 Å². The van der Waals surface area contributed by atoms with Crippen LogP contribution in [-0.4, -0.2) is 22.1 Å². The van der Waals surface area contributed by atoms with Gasteiger partial charge in [-0.2, -0.15) is 4.98 Å². The molecule has 0 fully saturated rings. The van der Waals surface area contributed by atoms with E-state index in [0.29, 0.717) is 5.82 Å². The lowest BCUT2D eigenvalue weighted by molar-refractivity contribution is 0.412. The minimum absolute atomic E-state index is 0.211. The number of H-pyrrole nitrogens is 1. The number of hydrogen-bond acceptors (Lipinski definition) is 5. The highest BCUT2D eigenvalue weighted by Crippen LogP contribution is 2.29. The van der Waals surface area contributed by atoms with E-state index < -0.39 is 0 Å². The van der Waals surface area contributed by atoms with E-state index >= 15 is 0 Å². The van der Waals surface area contributed by atoms with Crippen molar-refractivity contribution in [1.82, 2.24) is 15.0 Å². The van der Waals surface area contributed by atoms with Crippen molar-refractivity contribution in [2.75, 3.05) is 12.8 Å². The number of aromatic amines is 1. The molecule has 0 aliphatic heterocycles. The fourth-order valence-corrected chi connectivity index (χ4v) is 2.08. The number of nitrogens with zero attached hydrogens (tertiary/aromatic N) is 2. The van der Waals surface area contributed by atoms with Crippen molar-refractivity contribution < 1.29 is 4.74 Å². The SMILES string of the molecule is COc1ccc(-c2nc(=S)nc(N)[nH]2)cc1Br. The molecule has 1 aromatic heterocycles. The number of methoxy groups -OCH3 is 1.